The van der Waals surface area contributed by atoms with Gasteiger partial charge in [-0.2, -0.15) is 0 Å². The summed E-state index contributed by atoms with van der Waals surface area (Å²) in [7, 11) is 1.52. The van der Waals surface area contributed by atoms with Gasteiger partial charge in [0.25, 0.3) is 0 Å². The SMILES string of the molecule is CNC(=O)CC(NC(C)C)C(N)=O. The lowest BCUT2D eigenvalue weighted by molar-refractivity contribution is -0.126. The Bertz CT molecular complexity index is 192. The first-order chi connectivity index (χ1) is 5.97. The van der Waals surface area contributed by atoms with Gasteiger partial charge >= 0.3 is 0 Å². The zero-order valence-electron chi connectivity index (χ0n) is 8.26. The minimum absolute atomic E-state index is 0.0873. The van der Waals surface area contributed by atoms with Crippen LogP contribution in [0.3, 0.4) is 0 Å². The van der Waals surface area contributed by atoms with Crippen LogP contribution < -0.4 is 16.4 Å². The molecule has 0 aromatic rings. The third-order valence-electron chi connectivity index (χ3n) is 1.55. The molecule has 0 heterocycles. The van der Waals surface area contributed by atoms with Gasteiger partial charge in [0.15, 0.2) is 0 Å². The van der Waals surface area contributed by atoms with Crippen LogP contribution >= 0.6 is 0 Å². The van der Waals surface area contributed by atoms with E-state index in [0.717, 1.165) is 0 Å². The molecule has 2 amide bonds. The fourth-order valence-corrected chi connectivity index (χ4v) is 0.931. The molecule has 0 spiro atoms. The van der Waals surface area contributed by atoms with E-state index in [1.165, 1.54) is 7.05 Å². The molecule has 0 aromatic carbocycles. The molecule has 4 N–H and O–H groups in total. The number of nitrogens with two attached hydrogens (primary N) is 1. The molecule has 13 heavy (non-hydrogen) atoms. The topological polar surface area (TPSA) is 84.2 Å². The van der Waals surface area contributed by atoms with Crippen LogP contribution in [0.4, 0.5) is 0 Å². The van der Waals surface area contributed by atoms with Crippen molar-refractivity contribution in [1.29, 1.82) is 0 Å². The van der Waals surface area contributed by atoms with Gasteiger partial charge in [-0.15, -0.1) is 0 Å². The van der Waals surface area contributed by atoms with Gasteiger partial charge in [0.1, 0.15) is 0 Å². The Morgan fingerprint density at radius 2 is 1.92 bits per heavy atom. The Balaban J connectivity index is 4.10. The molecule has 0 aromatic heterocycles. The smallest absolute Gasteiger partial charge is 0.235 e. The molecule has 76 valence electrons. The highest BCUT2D eigenvalue weighted by Gasteiger charge is 2.18. The summed E-state index contributed by atoms with van der Waals surface area (Å²) in [5.41, 5.74) is 5.11. The Labute approximate surface area is 78.1 Å². The van der Waals surface area contributed by atoms with E-state index in [-0.39, 0.29) is 18.4 Å². The maximum Gasteiger partial charge on any atom is 0.235 e. The van der Waals surface area contributed by atoms with Crippen molar-refractivity contribution in [3.63, 3.8) is 0 Å². The molecule has 5 nitrogen and oxygen atoms in total. The van der Waals surface area contributed by atoms with Gasteiger partial charge in [-0.25, -0.2) is 0 Å². The van der Waals surface area contributed by atoms with Crippen LogP contribution in [-0.4, -0.2) is 30.9 Å². The molecule has 1 atom stereocenters. The van der Waals surface area contributed by atoms with E-state index in [9.17, 15) is 9.59 Å². The lowest BCUT2D eigenvalue weighted by Gasteiger charge is -2.16. The number of carbonyl (C=O) groups excluding carboxylic acids is 2. The van der Waals surface area contributed by atoms with E-state index in [1.807, 2.05) is 13.8 Å². The van der Waals surface area contributed by atoms with Crippen molar-refractivity contribution in [2.45, 2.75) is 32.4 Å². The molecule has 0 saturated heterocycles. The average Bonchev–Trinajstić information content (AvgIpc) is 2.02. The molecule has 0 saturated carbocycles. The van der Waals surface area contributed by atoms with Crippen molar-refractivity contribution in [3.8, 4) is 0 Å². The van der Waals surface area contributed by atoms with Crippen LogP contribution in [-0.2, 0) is 9.59 Å². The average molecular weight is 187 g/mol. The summed E-state index contributed by atoms with van der Waals surface area (Å²) in [6.45, 7) is 3.78. The first kappa shape index (κ1) is 11.9. The second-order valence-corrected chi connectivity index (χ2v) is 3.15. The molecule has 0 rings (SSSR count). The number of nitrogens with one attached hydrogen (secondary N) is 2. The van der Waals surface area contributed by atoms with Gasteiger partial charge in [0.2, 0.25) is 11.8 Å². The Morgan fingerprint density at radius 1 is 1.38 bits per heavy atom. The van der Waals surface area contributed by atoms with E-state index < -0.39 is 11.9 Å². The fourth-order valence-electron chi connectivity index (χ4n) is 0.931. The minimum Gasteiger partial charge on any atom is -0.368 e. The van der Waals surface area contributed by atoms with E-state index in [0.29, 0.717) is 0 Å². The third-order valence-corrected chi connectivity index (χ3v) is 1.55. The number of carbonyl (C=O) groups is 2. The van der Waals surface area contributed by atoms with Gasteiger partial charge in [0, 0.05) is 13.1 Å². The molecule has 1 unspecified atom stereocenters. The van der Waals surface area contributed by atoms with Gasteiger partial charge < -0.3 is 16.4 Å². The maximum absolute atomic E-state index is 10.9. The normalized spacial score (nSPS) is 12.6. The van der Waals surface area contributed by atoms with E-state index in [4.69, 9.17) is 5.73 Å². The highest BCUT2D eigenvalue weighted by atomic mass is 16.2. The molecule has 0 aliphatic heterocycles. The molecular weight excluding hydrogens is 170 g/mol. The number of rotatable bonds is 5. The number of primary amides is 1. The number of hydrogen-bond donors (Lipinski definition) is 3. The summed E-state index contributed by atoms with van der Waals surface area (Å²) in [5, 5.41) is 5.35. The molecule has 5 heteroatoms. The largest absolute Gasteiger partial charge is 0.368 e. The first-order valence-electron chi connectivity index (χ1n) is 4.23. The predicted octanol–water partition coefficient (Wildman–Crippen LogP) is -1.03. The second-order valence-electron chi connectivity index (χ2n) is 3.15. The molecule has 0 aliphatic rings. The van der Waals surface area contributed by atoms with Crippen molar-refractivity contribution in [1.82, 2.24) is 10.6 Å². The highest BCUT2D eigenvalue weighted by molar-refractivity contribution is 5.87. The summed E-state index contributed by atoms with van der Waals surface area (Å²) in [4.78, 5) is 21.8. The van der Waals surface area contributed by atoms with Gasteiger partial charge in [-0.05, 0) is 0 Å². The second kappa shape index (κ2) is 5.53. The summed E-state index contributed by atoms with van der Waals surface area (Å²) in [5.74, 6) is -0.700. The number of amides is 2. The summed E-state index contributed by atoms with van der Waals surface area (Å²) in [6.07, 6.45) is 0.0873. The third kappa shape index (κ3) is 5.19. The van der Waals surface area contributed by atoms with Crippen molar-refractivity contribution >= 4 is 11.8 Å². The summed E-state index contributed by atoms with van der Waals surface area (Å²) < 4.78 is 0. The van der Waals surface area contributed by atoms with Crippen LogP contribution in [0.15, 0.2) is 0 Å². The lowest BCUT2D eigenvalue weighted by atomic mass is 10.1. The van der Waals surface area contributed by atoms with Crippen molar-refractivity contribution in [3.05, 3.63) is 0 Å². The first-order valence-corrected chi connectivity index (χ1v) is 4.23. The molecule has 0 aliphatic carbocycles. The van der Waals surface area contributed by atoms with E-state index in [1.54, 1.807) is 0 Å². The Hall–Kier alpha value is -1.10. The van der Waals surface area contributed by atoms with E-state index in [2.05, 4.69) is 10.6 Å². The van der Waals surface area contributed by atoms with Crippen LogP contribution in [0, 0.1) is 0 Å². The molecule has 0 bridgehead atoms. The zero-order chi connectivity index (χ0) is 10.4. The summed E-state index contributed by atoms with van der Waals surface area (Å²) in [6, 6.07) is -0.456. The minimum atomic E-state index is -0.583. The van der Waals surface area contributed by atoms with Crippen molar-refractivity contribution in [2.24, 2.45) is 5.73 Å². The van der Waals surface area contributed by atoms with Crippen LogP contribution in [0.5, 0.6) is 0 Å². The fraction of sp³-hybridized carbons (Fsp3) is 0.750. The molecular formula is C8H17N3O2. The lowest BCUT2D eigenvalue weighted by Crippen LogP contribution is -2.46. The molecule has 0 fully saturated rings. The molecule has 0 radical (unpaired) electrons. The summed E-state index contributed by atoms with van der Waals surface area (Å²) >= 11 is 0. The van der Waals surface area contributed by atoms with Gasteiger partial charge in [-0.1, -0.05) is 13.8 Å². The van der Waals surface area contributed by atoms with Gasteiger partial charge in [0.05, 0.1) is 12.5 Å². The van der Waals surface area contributed by atoms with E-state index >= 15 is 0 Å². The Kier molecular flexibility index (Phi) is 5.06. The Morgan fingerprint density at radius 3 is 2.23 bits per heavy atom. The standard InChI is InChI=1S/C8H17N3O2/c1-5(2)11-6(8(9)13)4-7(12)10-3/h5-6,11H,4H2,1-3H3,(H2,9,13)(H,10,12). The van der Waals surface area contributed by atoms with Crippen LogP contribution in [0.2, 0.25) is 0 Å². The predicted molar refractivity (Wildman–Crippen MR) is 49.9 cm³/mol. The monoisotopic (exact) mass is 187 g/mol. The number of hydrogen-bond acceptors (Lipinski definition) is 3. The van der Waals surface area contributed by atoms with Gasteiger partial charge in [-0.3, -0.25) is 9.59 Å². The van der Waals surface area contributed by atoms with Crippen molar-refractivity contribution in [2.75, 3.05) is 7.05 Å². The van der Waals surface area contributed by atoms with Crippen molar-refractivity contribution < 1.29 is 9.59 Å². The maximum atomic E-state index is 10.9. The highest BCUT2D eigenvalue weighted by Crippen LogP contribution is 1.93. The zero-order valence-corrected chi connectivity index (χ0v) is 8.26. The van der Waals surface area contributed by atoms with Crippen LogP contribution in [0.1, 0.15) is 20.3 Å². The quantitative estimate of drug-likeness (QED) is 0.515. The van der Waals surface area contributed by atoms with Crippen LogP contribution in [0.25, 0.3) is 0 Å².